The van der Waals surface area contributed by atoms with Crippen molar-refractivity contribution in [2.75, 3.05) is 13.2 Å². The fourth-order valence-electron chi connectivity index (χ4n) is 2.20. The number of amides is 1. The maximum absolute atomic E-state index is 13.9. The van der Waals surface area contributed by atoms with Gasteiger partial charge in [-0.1, -0.05) is 6.58 Å². The number of carbonyl (C=O) groups excluding carboxylic acids is 2. The molecular formula is C16H22F7NO7S. The van der Waals surface area contributed by atoms with Crippen LogP contribution in [0.3, 0.4) is 0 Å². The number of rotatable bonds is 11. The second-order valence-electron chi connectivity index (χ2n) is 6.76. The molecule has 0 aromatic heterocycles. The molecule has 0 aromatic rings. The molecule has 0 aliphatic heterocycles. The fourth-order valence-corrected chi connectivity index (χ4v) is 2.68. The van der Waals surface area contributed by atoms with Crippen LogP contribution in [0.1, 0.15) is 34.1 Å². The van der Waals surface area contributed by atoms with E-state index in [4.69, 9.17) is 4.55 Å². The highest BCUT2D eigenvalue weighted by molar-refractivity contribution is 7.87. The van der Waals surface area contributed by atoms with Crippen molar-refractivity contribution in [3.05, 3.63) is 12.2 Å². The normalized spacial score (nSPS) is 15.3. The first-order valence-corrected chi connectivity index (χ1v) is 10.2. The van der Waals surface area contributed by atoms with Crippen LogP contribution in [0.15, 0.2) is 12.2 Å². The number of alkyl halides is 7. The molecule has 0 aliphatic rings. The molecule has 0 fully saturated rings. The topological polar surface area (TPSA) is 110 Å². The minimum absolute atomic E-state index is 0.390. The van der Waals surface area contributed by atoms with Crippen molar-refractivity contribution < 1.29 is 62.8 Å². The zero-order valence-electron chi connectivity index (χ0n) is 17.3. The third-order valence-electron chi connectivity index (χ3n) is 3.94. The van der Waals surface area contributed by atoms with Crippen molar-refractivity contribution >= 4 is 22.0 Å². The molecule has 8 nitrogen and oxygen atoms in total. The lowest BCUT2D eigenvalue weighted by Crippen LogP contribution is -2.63. The first kappa shape index (κ1) is 30.1. The Labute approximate surface area is 179 Å². The van der Waals surface area contributed by atoms with E-state index in [2.05, 4.69) is 16.1 Å². The van der Waals surface area contributed by atoms with E-state index < -0.39 is 69.8 Å². The van der Waals surface area contributed by atoms with Gasteiger partial charge in [-0.3, -0.25) is 9.35 Å². The van der Waals surface area contributed by atoms with Crippen molar-refractivity contribution in [2.45, 2.75) is 63.3 Å². The zero-order valence-corrected chi connectivity index (χ0v) is 18.1. The number of nitrogens with zero attached hydrogens (tertiary/aromatic N) is 1. The Kier molecular flexibility index (Phi) is 9.31. The molecule has 0 aliphatic carbocycles. The molecule has 0 saturated heterocycles. The molecule has 1 atom stereocenters. The quantitative estimate of drug-likeness (QED) is 0.151. The summed E-state index contributed by atoms with van der Waals surface area (Å²) in [5.41, 5.74) is -0.647. The van der Waals surface area contributed by atoms with Crippen molar-refractivity contribution in [3.63, 3.8) is 0 Å². The lowest BCUT2D eigenvalue weighted by atomic mass is 10.1. The summed E-state index contributed by atoms with van der Waals surface area (Å²) in [6, 6.07) is -0.938. The highest BCUT2D eigenvalue weighted by Crippen LogP contribution is 2.42. The van der Waals surface area contributed by atoms with E-state index in [1.54, 1.807) is 0 Å². The number of halogens is 7. The summed E-state index contributed by atoms with van der Waals surface area (Å²) < 4.78 is 133. The van der Waals surface area contributed by atoms with Gasteiger partial charge in [0.2, 0.25) is 0 Å². The summed E-state index contributed by atoms with van der Waals surface area (Å²) >= 11 is 0. The van der Waals surface area contributed by atoms with E-state index >= 15 is 0 Å². The van der Waals surface area contributed by atoms with Crippen LogP contribution in [-0.2, 0) is 29.2 Å². The molecule has 0 aromatic carbocycles. The molecule has 188 valence electrons. The van der Waals surface area contributed by atoms with Gasteiger partial charge in [-0.15, -0.1) is 0 Å². The Morgan fingerprint density at radius 3 is 1.88 bits per heavy atom. The fraction of sp³-hybridized carbons (Fsp3) is 0.750. The van der Waals surface area contributed by atoms with Gasteiger partial charge < -0.3 is 14.4 Å². The average Bonchev–Trinajstić information content (AvgIpc) is 2.58. The van der Waals surface area contributed by atoms with Crippen LogP contribution in [0, 0.1) is 0 Å². The molecule has 1 amide bonds. The van der Waals surface area contributed by atoms with E-state index in [0.717, 1.165) is 6.92 Å². The maximum Gasteiger partial charge on any atom is 0.466 e. The molecule has 0 heterocycles. The van der Waals surface area contributed by atoms with Crippen LogP contribution in [0.2, 0.25) is 0 Å². The molecule has 0 bridgehead atoms. The number of hydrogen-bond acceptors (Lipinski definition) is 6. The van der Waals surface area contributed by atoms with E-state index in [9.17, 15) is 48.7 Å². The molecule has 1 unspecified atom stereocenters. The minimum Gasteiger partial charge on any atom is -0.412 e. The predicted molar refractivity (Wildman–Crippen MR) is 94.2 cm³/mol. The van der Waals surface area contributed by atoms with Gasteiger partial charge >= 0.3 is 45.1 Å². The number of esters is 1. The molecule has 0 radical (unpaired) electrons. The monoisotopic (exact) mass is 505 g/mol. The number of carbonyl (C=O) groups is 2. The lowest BCUT2D eigenvalue weighted by molar-refractivity contribution is -0.353. The van der Waals surface area contributed by atoms with Gasteiger partial charge in [0, 0.05) is 24.6 Å². The van der Waals surface area contributed by atoms with Gasteiger partial charge in [0.25, 0.3) is 0 Å². The summed E-state index contributed by atoms with van der Waals surface area (Å²) in [4.78, 5) is 24.9. The molecule has 0 saturated carbocycles. The van der Waals surface area contributed by atoms with Crippen molar-refractivity contribution in [2.24, 2.45) is 0 Å². The van der Waals surface area contributed by atoms with Gasteiger partial charge in [-0.05, 0) is 27.7 Å². The van der Waals surface area contributed by atoms with Crippen LogP contribution in [0.5, 0.6) is 0 Å². The molecular weight excluding hydrogens is 483 g/mol. The molecule has 1 N–H and O–H groups in total. The van der Waals surface area contributed by atoms with E-state index in [0.29, 0.717) is 4.90 Å². The Balaban J connectivity index is 6.33. The van der Waals surface area contributed by atoms with Gasteiger partial charge in [-0.2, -0.15) is 39.2 Å². The van der Waals surface area contributed by atoms with Crippen LogP contribution in [-0.4, -0.2) is 72.1 Å². The molecule has 16 heteroatoms. The van der Waals surface area contributed by atoms with E-state index in [-0.39, 0.29) is 6.54 Å². The van der Waals surface area contributed by atoms with Gasteiger partial charge in [0.1, 0.15) is 0 Å². The van der Waals surface area contributed by atoms with Crippen LogP contribution in [0.4, 0.5) is 30.7 Å². The average molecular weight is 505 g/mol. The van der Waals surface area contributed by atoms with Crippen molar-refractivity contribution in [1.82, 2.24) is 4.90 Å². The number of likely N-dealkylation sites (N-methyl/N-ethyl adjacent to an activating group) is 1. The summed E-state index contributed by atoms with van der Waals surface area (Å²) in [5, 5.41) is -6.09. The Morgan fingerprint density at radius 2 is 1.56 bits per heavy atom. The minimum atomic E-state index is -6.66. The lowest BCUT2D eigenvalue weighted by Gasteiger charge is -2.38. The largest absolute Gasteiger partial charge is 0.466 e. The molecule has 0 rings (SSSR count). The van der Waals surface area contributed by atoms with Gasteiger partial charge in [-0.25, -0.2) is 4.79 Å². The second kappa shape index (κ2) is 9.91. The third kappa shape index (κ3) is 6.10. The van der Waals surface area contributed by atoms with Crippen LogP contribution < -0.4 is 0 Å². The Morgan fingerprint density at radius 1 is 1.09 bits per heavy atom. The summed E-state index contributed by atoms with van der Waals surface area (Å²) in [6.07, 6.45) is -8.30. The van der Waals surface area contributed by atoms with Crippen molar-refractivity contribution in [1.29, 1.82) is 0 Å². The third-order valence-corrected chi connectivity index (χ3v) is 4.88. The second-order valence-corrected chi connectivity index (χ2v) is 8.23. The van der Waals surface area contributed by atoms with E-state index in [1.807, 2.05) is 0 Å². The van der Waals surface area contributed by atoms with Crippen LogP contribution >= 0.6 is 0 Å². The summed E-state index contributed by atoms with van der Waals surface area (Å²) in [7, 11) is -6.66. The molecule has 0 spiro atoms. The highest BCUT2D eigenvalue weighted by Gasteiger charge is 2.69. The highest BCUT2D eigenvalue weighted by atomic mass is 32.2. The summed E-state index contributed by atoms with van der Waals surface area (Å²) in [5.74, 6) is -14.0. The number of hydrogen-bond donors (Lipinski definition) is 1. The van der Waals surface area contributed by atoms with Crippen molar-refractivity contribution in [3.8, 4) is 0 Å². The van der Waals surface area contributed by atoms with Gasteiger partial charge in [0.15, 0.2) is 0 Å². The maximum atomic E-state index is 13.9. The summed E-state index contributed by atoms with van der Waals surface area (Å²) in [6.45, 7) is 5.26. The standard InChI is InChI=1S/C16H22F7NO7S/c1-6-24(10(4)5)12(26)14(15(19,20)21,31-11(25)9(2)3)30-8-7-13(17,18)16(22,23)32(27,28)29/h10H,2,6-8H2,1,3-5H3,(H,27,28,29). The first-order chi connectivity index (χ1) is 14.1. The van der Waals surface area contributed by atoms with Crippen LogP contribution in [0.25, 0.3) is 0 Å². The molecule has 32 heavy (non-hydrogen) atoms. The van der Waals surface area contributed by atoms with E-state index in [1.165, 1.54) is 20.8 Å². The SMILES string of the molecule is C=C(C)C(=O)OC(OCCC(F)(F)C(F)(F)S(=O)(=O)O)(C(=O)N(CC)C(C)C)C(F)(F)F. The predicted octanol–water partition coefficient (Wildman–Crippen LogP) is 3.14. The smallest absolute Gasteiger partial charge is 0.412 e. The Bertz CT molecular complexity index is 827. The Hall–Kier alpha value is -1.94. The first-order valence-electron chi connectivity index (χ1n) is 8.72. The number of ether oxygens (including phenoxy) is 2. The van der Waals surface area contributed by atoms with Gasteiger partial charge in [0.05, 0.1) is 6.61 Å². The zero-order chi connectivity index (χ0) is 25.9.